The van der Waals surface area contributed by atoms with E-state index in [0.29, 0.717) is 6.04 Å². The van der Waals surface area contributed by atoms with Crippen LogP contribution < -0.4 is 0 Å². The zero-order chi connectivity index (χ0) is 19.5. The minimum atomic E-state index is -2.67. The van der Waals surface area contributed by atoms with E-state index in [2.05, 4.69) is 0 Å². The monoisotopic (exact) mass is 383 g/mol. The minimum Gasteiger partial charge on any atom is -0.431 e. The number of nitrogens with zero attached hydrogens (tertiary/aromatic N) is 1. The van der Waals surface area contributed by atoms with E-state index < -0.39 is 49.6 Å². The second kappa shape index (κ2) is 8.26. The minimum absolute atomic E-state index is 0.0222. The highest BCUT2D eigenvalue weighted by Crippen LogP contribution is 2.34. The third-order valence-electron chi connectivity index (χ3n) is 4.48. The van der Waals surface area contributed by atoms with Crippen LogP contribution in [-0.4, -0.2) is 30.7 Å². The van der Waals surface area contributed by atoms with Crippen molar-refractivity contribution in [1.82, 2.24) is 5.12 Å². The summed E-state index contributed by atoms with van der Waals surface area (Å²) in [7, 11) is -2.67. The maximum Gasteiger partial charge on any atom is 0.284 e. The lowest BCUT2D eigenvalue weighted by Crippen LogP contribution is -2.42. The Morgan fingerprint density at radius 1 is 1.08 bits per heavy atom. The predicted molar refractivity (Wildman–Crippen MR) is 86.0 cm³/mol. The summed E-state index contributed by atoms with van der Waals surface area (Å²) < 4.78 is 66.6. The summed E-state index contributed by atoms with van der Waals surface area (Å²) in [5, 5.41) is -0.384. The van der Waals surface area contributed by atoms with Crippen LogP contribution in [0.2, 0.25) is 17.1 Å². The number of benzene rings is 1. The van der Waals surface area contributed by atoms with Gasteiger partial charge in [0.1, 0.15) is 0 Å². The first kappa shape index (κ1) is 21.6. The van der Waals surface area contributed by atoms with Crippen molar-refractivity contribution in [1.29, 1.82) is 0 Å². The topological polar surface area (TPSA) is 40.5 Å². The number of halogens is 5. The predicted octanol–water partition coefficient (Wildman–Crippen LogP) is 4.72. The molecule has 0 heterocycles. The van der Waals surface area contributed by atoms with Gasteiger partial charge < -0.3 is 4.80 Å². The molecule has 0 aliphatic carbocycles. The second-order valence-corrected chi connectivity index (χ2v) is 11.4. The van der Waals surface area contributed by atoms with E-state index in [-0.39, 0.29) is 28.7 Å². The lowest BCUT2D eigenvalue weighted by atomic mass is 10.1. The molecule has 1 amide bonds. The van der Waals surface area contributed by atoms with Gasteiger partial charge in [-0.1, -0.05) is 32.2 Å². The van der Waals surface area contributed by atoms with E-state index in [9.17, 15) is 31.6 Å². The summed E-state index contributed by atoms with van der Waals surface area (Å²) in [4.78, 5) is 22.5. The zero-order valence-corrected chi connectivity index (χ0v) is 15.5. The van der Waals surface area contributed by atoms with Crippen molar-refractivity contribution < 1.29 is 31.6 Å². The third-order valence-corrected chi connectivity index (χ3v) is 9.64. The highest BCUT2D eigenvalue weighted by atomic mass is 28.4. The maximum absolute atomic E-state index is 13.9. The summed E-state index contributed by atoms with van der Waals surface area (Å²) in [6.07, 6.45) is 0.106. The molecule has 0 aliphatic rings. The van der Waals surface area contributed by atoms with Gasteiger partial charge >= 0.3 is 0 Å². The number of hydrogen-bond donors (Lipinski definition) is 1. The molecule has 0 radical (unpaired) electrons. The fourth-order valence-corrected chi connectivity index (χ4v) is 5.92. The van der Waals surface area contributed by atoms with Gasteiger partial charge in [0.05, 0.1) is 12.1 Å². The first-order valence-electron chi connectivity index (χ1n) is 7.96. The zero-order valence-electron chi connectivity index (χ0n) is 14.5. The molecule has 1 aromatic rings. The van der Waals surface area contributed by atoms with Crippen molar-refractivity contribution in [2.75, 3.05) is 6.54 Å². The van der Waals surface area contributed by atoms with Crippen molar-refractivity contribution in [2.45, 2.75) is 51.2 Å². The van der Waals surface area contributed by atoms with Gasteiger partial charge in [-0.15, -0.1) is 0 Å². The van der Waals surface area contributed by atoms with E-state index in [0.717, 1.165) is 0 Å². The normalized spacial score (nSPS) is 12.2. The maximum atomic E-state index is 13.9. The molecule has 0 bridgehead atoms. The highest BCUT2D eigenvalue weighted by Gasteiger charge is 2.38. The van der Waals surface area contributed by atoms with Gasteiger partial charge in [0.2, 0.25) is 0 Å². The van der Waals surface area contributed by atoms with Crippen LogP contribution in [0.5, 0.6) is 0 Å². The van der Waals surface area contributed by atoms with Crippen LogP contribution in [0, 0.1) is 23.3 Å². The van der Waals surface area contributed by atoms with Gasteiger partial charge in [0.25, 0.3) is 5.91 Å². The largest absolute Gasteiger partial charge is 0.431 e. The summed E-state index contributed by atoms with van der Waals surface area (Å²) in [6.45, 7) is 6.98. The van der Waals surface area contributed by atoms with E-state index in [1.807, 2.05) is 27.7 Å². The SMILES string of the molecule is CC(C)[Si](O)(CCCN(F)C(=O)c1cc(F)c(F)c(F)c1F)C(C)C. The standard InChI is InChI=1S/C16H22F5NO2Si/c1-9(2)25(24,10(3)4)7-5-6-22(21)16(23)11-8-12(17)14(19)15(20)13(11)18/h8-10,24H,5-7H2,1-4H3. The third kappa shape index (κ3) is 4.57. The molecule has 0 atom stereocenters. The van der Waals surface area contributed by atoms with Crippen LogP contribution in [-0.2, 0) is 0 Å². The number of hydrogen-bond acceptors (Lipinski definition) is 2. The van der Waals surface area contributed by atoms with Crippen LogP contribution in [0.15, 0.2) is 6.07 Å². The molecular weight excluding hydrogens is 361 g/mol. The van der Waals surface area contributed by atoms with Gasteiger partial charge in [-0.25, -0.2) is 17.6 Å². The molecule has 0 fully saturated rings. The Morgan fingerprint density at radius 2 is 1.60 bits per heavy atom. The average Bonchev–Trinajstić information content (AvgIpc) is 2.54. The Labute approximate surface area is 144 Å². The Balaban J connectivity index is 2.82. The van der Waals surface area contributed by atoms with Crippen molar-refractivity contribution >= 4 is 14.2 Å². The molecule has 25 heavy (non-hydrogen) atoms. The van der Waals surface area contributed by atoms with Crippen LogP contribution in [0.1, 0.15) is 44.5 Å². The molecule has 3 nitrogen and oxygen atoms in total. The molecule has 9 heteroatoms. The number of rotatable bonds is 7. The summed E-state index contributed by atoms with van der Waals surface area (Å²) in [5.41, 5.74) is -1.18. The van der Waals surface area contributed by atoms with E-state index in [1.54, 1.807) is 0 Å². The number of carbonyl (C=O) groups excluding carboxylic acids is 1. The van der Waals surface area contributed by atoms with Crippen LogP contribution in [0.25, 0.3) is 0 Å². The fourth-order valence-electron chi connectivity index (χ4n) is 2.71. The Hall–Kier alpha value is -1.48. The van der Waals surface area contributed by atoms with E-state index in [1.165, 1.54) is 0 Å². The van der Waals surface area contributed by atoms with Gasteiger partial charge in [-0.05, 0) is 29.6 Å². The highest BCUT2D eigenvalue weighted by molar-refractivity contribution is 6.75. The number of amides is 1. The molecule has 1 N–H and O–H groups in total. The molecule has 0 spiro atoms. The first-order valence-corrected chi connectivity index (χ1v) is 10.3. The summed E-state index contributed by atoms with van der Waals surface area (Å²) in [5.74, 6) is -9.56. The summed E-state index contributed by atoms with van der Waals surface area (Å²) >= 11 is 0. The van der Waals surface area contributed by atoms with Crippen LogP contribution >= 0.6 is 0 Å². The quantitative estimate of drug-likeness (QED) is 0.243. The average molecular weight is 383 g/mol. The van der Waals surface area contributed by atoms with Gasteiger partial charge in [-0.3, -0.25) is 4.79 Å². The fraction of sp³-hybridized carbons (Fsp3) is 0.562. The van der Waals surface area contributed by atoms with Gasteiger partial charge in [0, 0.05) is 0 Å². The molecule has 0 aromatic heterocycles. The Morgan fingerprint density at radius 3 is 2.08 bits per heavy atom. The van der Waals surface area contributed by atoms with Gasteiger partial charge in [0.15, 0.2) is 31.6 Å². The molecule has 142 valence electrons. The van der Waals surface area contributed by atoms with E-state index in [4.69, 9.17) is 0 Å². The molecule has 1 rings (SSSR count). The molecule has 0 saturated heterocycles. The Kier molecular flexibility index (Phi) is 7.13. The molecule has 0 unspecified atom stereocenters. The Bertz CT molecular complexity index is 631. The first-order chi connectivity index (χ1) is 11.4. The van der Waals surface area contributed by atoms with Gasteiger partial charge in [-0.2, -0.15) is 5.12 Å². The smallest absolute Gasteiger partial charge is 0.284 e. The molecule has 0 aliphatic heterocycles. The van der Waals surface area contributed by atoms with Crippen LogP contribution in [0.4, 0.5) is 22.0 Å². The lowest BCUT2D eigenvalue weighted by molar-refractivity contribution is 0.0189. The van der Waals surface area contributed by atoms with Crippen molar-refractivity contribution in [3.8, 4) is 0 Å². The van der Waals surface area contributed by atoms with Crippen molar-refractivity contribution in [2.24, 2.45) is 0 Å². The van der Waals surface area contributed by atoms with E-state index >= 15 is 0 Å². The second-order valence-electron chi connectivity index (χ2n) is 6.64. The molecule has 1 aromatic carbocycles. The van der Waals surface area contributed by atoms with Crippen molar-refractivity contribution in [3.05, 3.63) is 34.9 Å². The van der Waals surface area contributed by atoms with Crippen molar-refractivity contribution in [3.63, 3.8) is 0 Å². The summed E-state index contributed by atoms with van der Waals surface area (Å²) in [6, 6.07) is 0.431. The number of carbonyl (C=O) groups is 1. The van der Waals surface area contributed by atoms with Crippen LogP contribution in [0.3, 0.4) is 0 Å². The molecular formula is C16H22F5NO2Si. The molecule has 0 saturated carbocycles. The lowest BCUT2D eigenvalue weighted by Gasteiger charge is -2.33.